The van der Waals surface area contributed by atoms with Gasteiger partial charge in [-0.3, -0.25) is 0 Å². The van der Waals surface area contributed by atoms with E-state index in [9.17, 15) is 0 Å². The standard InChI is InChI=1S/C15H21BrN2O/c1-19-14-10-12(4-5-13(14)16)18-9-8-17-15(11-18)6-2-3-7-15/h4-5,10,17H,2-3,6-9,11H2,1H3. The van der Waals surface area contributed by atoms with E-state index in [0.29, 0.717) is 5.54 Å². The average Bonchev–Trinajstić information content (AvgIpc) is 2.87. The van der Waals surface area contributed by atoms with Crippen LogP contribution in [0.15, 0.2) is 22.7 Å². The van der Waals surface area contributed by atoms with Crippen molar-refractivity contribution in [3.05, 3.63) is 22.7 Å². The second kappa shape index (κ2) is 5.33. The Kier molecular flexibility index (Phi) is 3.72. The van der Waals surface area contributed by atoms with Gasteiger partial charge in [0, 0.05) is 36.9 Å². The predicted molar refractivity (Wildman–Crippen MR) is 82.1 cm³/mol. The Morgan fingerprint density at radius 1 is 1.32 bits per heavy atom. The third-order valence-electron chi connectivity index (χ3n) is 4.44. The van der Waals surface area contributed by atoms with Gasteiger partial charge in [-0.2, -0.15) is 0 Å². The van der Waals surface area contributed by atoms with Crippen molar-refractivity contribution >= 4 is 21.6 Å². The summed E-state index contributed by atoms with van der Waals surface area (Å²) in [6, 6.07) is 6.40. The molecule has 0 radical (unpaired) electrons. The second-order valence-corrected chi connectivity index (χ2v) is 6.51. The van der Waals surface area contributed by atoms with E-state index in [1.165, 1.54) is 31.4 Å². The summed E-state index contributed by atoms with van der Waals surface area (Å²) in [4.78, 5) is 2.50. The lowest BCUT2D eigenvalue weighted by Gasteiger charge is -2.42. The van der Waals surface area contributed by atoms with Gasteiger partial charge in [-0.25, -0.2) is 0 Å². The summed E-state index contributed by atoms with van der Waals surface area (Å²) in [5.74, 6) is 0.913. The second-order valence-electron chi connectivity index (χ2n) is 5.65. The highest BCUT2D eigenvalue weighted by molar-refractivity contribution is 9.10. The molecular weight excluding hydrogens is 304 g/mol. The van der Waals surface area contributed by atoms with Crippen LogP contribution in [-0.4, -0.2) is 32.3 Å². The van der Waals surface area contributed by atoms with Crippen molar-refractivity contribution in [3.8, 4) is 5.75 Å². The largest absolute Gasteiger partial charge is 0.495 e. The normalized spacial score (nSPS) is 21.9. The van der Waals surface area contributed by atoms with Crippen LogP contribution in [0.2, 0.25) is 0 Å². The van der Waals surface area contributed by atoms with Gasteiger partial charge in [0.15, 0.2) is 0 Å². The number of anilines is 1. The van der Waals surface area contributed by atoms with Crippen molar-refractivity contribution in [2.24, 2.45) is 0 Å². The molecule has 0 aromatic heterocycles. The summed E-state index contributed by atoms with van der Waals surface area (Å²) >= 11 is 3.52. The number of nitrogens with zero attached hydrogens (tertiary/aromatic N) is 1. The molecule has 1 heterocycles. The first kappa shape index (κ1) is 13.3. The summed E-state index contributed by atoms with van der Waals surface area (Å²) in [7, 11) is 1.72. The lowest BCUT2D eigenvalue weighted by atomic mass is 9.94. The molecule has 2 fully saturated rings. The molecule has 3 rings (SSSR count). The average molecular weight is 325 g/mol. The number of hydrogen-bond acceptors (Lipinski definition) is 3. The van der Waals surface area contributed by atoms with E-state index in [4.69, 9.17) is 4.74 Å². The van der Waals surface area contributed by atoms with Gasteiger partial charge in [0.05, 0.1) is 11.6 Å². The minimum atomic E-state index is 0.360. The number of methoxy groups -OCH3 is 1. The highest BCUT2D eigenvalue weighted by atomic mass is 79.9. The molecule has 2 aliphatic rings. The number of rotatable bonds is 2. The molecule has 0 atom stereocenters. The van der Waals surface area contributed by atoms with Gasteiger partial charge in [-0.1, -0.05) is 12.8 Å². The summed E-state index contributed by atoms with van der Waals surface area (Å²) in [5, 5.41) is 3.75. The Hall–Kier alpha value is -0.740. The zero-order valence-electron chi connectivity index (χ0n) is 11.4. The molecule has 4 heteroatoms. The fraction of sp³-hybridized carbons (Fsp3) is 0.600. The van der Waals surface area contributed by atoms with Crippen LogP contribution in [-0.2, 0) is 0 Å². The van der Waals surface area contributed by atoms with Crippen LogP contribution in [0.4, 0.5) is 5.69 Å². The van der Waals surface area contributed by atoms with Crippen LogP contribution in [0.25, 0.3) is 0 Å². The molecular formula is C15H21BrN2O. The van der Waals surface area contributed by atoms with Crippen LogP contribution in [0.5, 0.6) is 5.75 Å². The molecule has 1 aliphatic heterocycles. The number of halogens is 1. The van der Waals surface area contributed by atoms with Gasteiger partial charge >= 0.3 is 0 Å². The molecule has 1 aliphatic carbocycles. The van der Waals surface area contributed by atoms with Crippen molar-refractivity contribution < 1.29 is 4.74 Å². The van der Waals surface area contributed by atoms with E-state index in [-0.39, 0.29) is 0 Å². The molecule has 19 heavy (non-hydrogen) atoms. The van der Waals surface area contributed by atoms with E-state index < -0.39 is 0 Å². The number of nitrogens with one attached hydrogen (secondary N) is 1. The first-order valence-corrected chi connectivity index (χ1v) is 7.85. The molecule has 0 bridgehead atoms. The maximum Gasteiger partial charge on any atom is 0.135 e. The van der Waals surface area contributed by atoms with E-state index in [2.05, 4.69) is 44.3 Å². The monoisotopic (exact) mass is 324 g/mol. The quantitative estimate of drug-likeness (QED) is 0.904. The molecule has 1 spiro atoms. The molecule has 1 saturated carbocycles. The molecule has 1 aromatic rings. The van der Waals surface area contributed by atoms with Crippen molar-refractivity contribution in [1.82, 2.24) is 5.32 Å². The zero-order chi connectivity index (χ0) is 13.3. The van der Waals surface area contributed by atoms with E-state index in [0.717, 1.165) is 29.9 Å². The number of hydrogen-bond donors (Lipinski definition) is 1. The van der Waals surface area contributed by atoms with Gasteiger partial charge in [-0.05, 0) is 40.9 Å². The highest BCUT2D eigenvalue weighted by Crippen LogP contribution is 2.35. The Labute approximate surface area is 123 Å². The predicted octanol–water partition coefficient (Wildman–Crippen LogP) is 3.18. The lowest BCUT2D eigenvalue weighted by molar-refractivity contribution is 0.303. The molecule has 0 amide bonds. The Balaban J connectivity index is 1.81. The van der Waals surface area contributed by atoms with E-state index in [1.807, 2.05) is 0 Å². The topological polar surface area (TPSA) is 24.5 Å². The minimum absolute atomic E-state index is 0.360. The fourth-order valence-corrected chi connectivity index (χ4v) is 3.82. The smallest absolute Gasteiger partial charge is 0.135 e. The molecule has 0 unspecified atom stereocenters. The van der Waals surface area contributed by atoms with Crippen LogP contribution >= 0.6 is 15.9 Å². The van der Waals surface area contributed by atoms with Gasteiger partial charge < -0.3 is 15.0 Å². The Bertz CT molecular complexity index is 457. The Morgan fingerprint density at radius 2 is 2.11 bits per heavy atom. The van der Waals surface area contributed by atoms with Gasteiger partial charge in [-0.15, -0.1) is 0 Å². The maximum absolute atomic E-state index is 5.40. The molecule has 1 aromatic carbocycles. The molecule has 1 N–H and O–H groups in total. The SMILES string of the molecule is COc1cc(N2CCNC3(CCCC3)C2)ccc1Br. The van der Waals surface area contributed by atoms with Crippen molar-refractivity contribution in [2.45, 2.75) is 31.2 Å². The highest BCUT2D eigenvalue weighted by Gasteiger charge is 2.37. The number of ether oxygens (including phenoxy) is 1. The first-order chi connectivity index (χ1) is 9.22. The van der Waals surface area contributed by atoms with Crippen molar-refractivity contribution in [3.63, 3.8) is 0 Å². The summed E-state index contributed by atoms with van der Waals surface area (Å²) in [6.45, 7) is 3.28. The molecule has 3 nitrogen and oxygen atoms in total. The summed E-state index contributed by atoms with van der Waals surface area (Å²) in [6.07, 6.45) is 5.36. The summed E-state index contributed by atoms with van der Waals surface area (Å²) in [5.41, 5.74) is 1.63. The maximum atomic E-state index is 5.40. The number of piperazine rings is 1. The van der Waals surface area contributed by atoms with Gasteiger partial charge in [0.25, 0.3) is 0 Å². The summed E-state index contributed by atoms with van der Waals surface area (Å²) < 4.78 is 6.42. The van der Waals surface area contributed by atoms with Gasteiger partial charge in [0.2, 0.25) is 0 Å². The fourth-order valence-electron chi connectivity index (χ4n) is 3.41. The minimum Gasteiger partial charge on any atom is -0.495 e. The molecule has 104 valence electrons. The lowest BCUT2D eigenvalue weighted by Crippen LogP contribution is -2.59. The number of benzene rings is 1. The third kappa shape index (κ3) is 2.61. The van der Waals surface area contributed by atoms with Crippen molar-refractivity contribution in [1.29, 1.82) is 0 Å². The Morgan fingerprint density at radius 3 is 2.84 bits per heavy atom. The molecule has 1 saturated heterocycles. The van der Waals surface area contributed by atoms with Crippen molar-refractivity contribution in [2.75, 3.05) is 31.6 Å². The van der Waals surface area contributed by atoms with Gasteiger partial charge in [0.1, 0.15) is 5.75 Å². The zero-order valence-corrected chi connectivity index (χ0v) is 13.0. The van der Waals surface area contributed by atoms with Crippen LogP contribution in [0, 0.1) is 0 Å². The van der Waals surface area contributed by atoms with Crippen LogP contribution in [0.1, 0.15) is 25.7 Å². The van der Waals surface area contributed by atoms with E-state index in [1.54, 1.807) is 7.11 Å². The van der Waals surface area contributed by atoms with Crippen LogP contribution < -0.4 is 15.0 Å². The third-order valence-corrected chi connectivity index (χ3v) is 5.09. The first-order valence-electron chi connectivity index (χ1n) is 7.06. The van der Waals surface area contributed by atoms with Crippen LogP contribution in [0.3, 0.4) is 0 Å². The van der Waals surface area contributed by atoms with E-state index >= 15 is 0 Å².